The highest BCUT2D eigenvalue weighted by Crippen LogP contribution is 2.13. The van der Waals surface area contributed by atoms with Gasteiger partial charge < -0.3 is 4.98 Å². The Kier molecular flexibility index (Phi) is 1.84. The molecule has 4 heteroatoms. The highest BCUT2D eigenvalue weighted by atomic mass is 127. The van der Waals surface area contributed by atoms with Gasteiger partial charge in [0, 0.05) is 3.57 Å². The second kappa shape index (κ2) is 2.85. The standard InChI is InChI=1S/C8H5IN2O/c9-5-2-1-3-6-8(5)11-7(12)4-10-6/h1-4H,(H,11,12). The van der Waals surface area contributed by atoms with Crippen molar-refractivity contribution in [2.24, 2.45) is 0 Å². The number of rotatable bonds is 0. The van der Waals surface area contributed by atoms with Crippen molar-refractivity contribution in [1.29, 1.82) is 0 Å². The fourth-order valence-electron chi connectivity index (χ4n) is 1.03. The molecule has 0 unspecified atom stereocenters. The van der Waals surface area contributed by atoms with Gasteiger partial charge in [-0.1, -0.05) is 6.07 Å². The summed E-state index contributed by atoms with van der Waals surface area (Å²) in [4.78, 5) is 17.6. The Hall–Kier alpha value is -0.910. The third-order valence-corrected chi connectivity index (χ3v) is 2.46. The van der Waals surface area contributed by atoms with Crippen molar-refractivity contribution in [3.8, 4) is 0 Å². The van der Waals surface area contributed by atoms with Gasteiger partial charge in [0.05, 0.1) is 17.2 Å². The van der Waals surface area contributed by atoms with E-state index >= 15 is 0 Å². The molecule has 0 aliphatic rings. The van der Waals surface area contributed by atoms with E-state index in [2.05, 4.69) is 32.6 Å². The van der Waals surface area contributed by atoms with Crippen LogP contribution in [0.3, 0.4) is 0 Å². The lowest BCUT2D eigenvalue weighted by Gasteiger charge is -1.96. The number of H-pyrrole nitrogens is 1. The Labute approximate surface area is 82.0 Å². The monoisotopic (exact) mass is 272 g/mol. The number of aromatic amines is 1. The topological polar surface area (TPSA) is 45.8 Å². The Morgan fingerprint density at radius 3 is 3.08 bits per heavy atom. The summed E-state index contributed by atoms with van der Waals surface area (Å²) in [5.41, 5.74) is 1.47. The van der Waals surface area contributed by atoms with Gasteiger partial charge in [-0.3, -0.25) is 4.79 Å². The van der Waals surface area contributed by atoms with E-state index in [1.54, 1.807) is 0 Å². The highest BCUT2D eigenvalue weighted by Gasteiger charge is 1.97. The van der Waals surface area contributed by atoms with E-state index in [1.807, 2.05) is 18.2 Å². The molecular formula is C8H5IN2O. The van der Waals surface area contributed by atoms with Gasteiger partial charge in [0.2, 0.25) is 0 Å². The molecule has 1 aromatic carbocycles. The molecule has 0 amide bonds. The Morgan fingerprint density at radius 1 is 1.42 bits per heavy atom. The van der Waals surface area contributed by atoms with Crippen LogP contribution in [0.1, 0.15) is 0 Å². The molecule has 0 saturated carbocycles. The third-order valence-electron chi connectivity index (χ3n) is 1.56. The fraction of sp³-hybridized carbons (Fsp3) is 0. The highest BCUT2D eigenvalue weighted by molar-refractivity contribution is 14.1. The van der Waals surface area contributed by atoms with Gasteiger partial charge in [0.25, 0.3) is 5.56 Å². The first-order valence-electron chi connectivity index (χ1n) is 3.41. The zero-order valence-electron chi connectivity index (χ0n) is 6.04. The van der Waals surface area contributed by atoms with E-state index < -0.39 is 0 Å². The van der Waals surface area contributed by atoms with Crippen LogP contribution in [0.4, 0.5) is 0 Å². The number of para-hydroxylation sites is 1. The van der Waals surface area contributed by atoms with Gasteiger partial charge in [0.15, 0.2) is 0 Å². The summed E-state index contributed by atoms with van der Waals surface area (Å²) in [7, 11) is 0. The van der Waals surface area contributed by atoms with E-state index in [9.17, 15) is 4.79 Å². The lowest BCUT2D eigenvalue weighted by molar-refractivity contribution is 1.21. The van der Waals surface area contributed by atoms with Crippen LogP contribution in [0.15, 0.2) is 29.2 Å². The smallest absolute Gasteiger partial charge is 0.266 e. The van der Waals surface area contributed by atoms with Gasteiger partial charge in [-0.15, -0.1) is 0 Å². The number of hydrogen-bond acceptors (Lipinski definition) is 2. The van der Waals surface area contributed by atoms with Gasteiger partial charge in [0.1, 0.15) is 0 Å². The molecule has 0 spiro atoms. The zero-order valence-corrected chi connectivity index (χ0v) is 8.20. The van der Waals surface area contributed by atoms with Gasteiger partial charge in [-0.2, -0.15) is 0 Å². The maximum absolute atomic E-state index is 10.9. The predicted octanol–water partition coefficient (Wildman–Crippen LogP) is 1.53. The first-order valence-corrected chi connectivity index (χ1v) is 4.49. The van der Waals surface area contributed by atoms with Crippen molar-refractivity contribution in [3.63, 3.8) is 0 Å². The Balaban J connectivity index is 2.97. The minimum atomic E-state index is -0.161. The van der Waals surface area contributed by atoms with Crippen LogP contribution >= 0.6 is 22.6 Å². The largest absolute Gasteiger partial charge is 0.318 e. The van der Waals surface area contributed by atoms with Crippen LogP contribution in [0.25, 0.3) is 11.0 Å². The molecular weight excluding hydrogens is 267 g/mol. The number of halogens is 1. The quantitative estimate of drug-likeness (QED) is 0.739. The Bertz CT molecular complexity index is 478. The molecule has 1 N–H and O–H groups in total. The summed E-state index contributed by atoms with van der Waals surface area (Å²) < 4.78 is 1.01. The molecule has 2 aromatic rings. The van der Waals surface area contributed by atoms with Crippen LogP contribution in [0.2, 0.25) is 0 Å². The maximum atomic E-state index is 10.9. The van der Waals surface area contributed by atoms with Crippen LogP contribution in [-0.2, 0) is 0 Å². The van der Waals surface area contributed by atoms with Crippen LogP contribution in [0, 0.1) is 3.57 Å². The summed E-state index contributed by atoms with van der Waals surface area (Å²) in [5.74, 6) is 0. The number of fused-ring (bicyclic) bond motifs is 1. The maximum Gasteiger partial charge on any atom is 0.266 e. The van der Waals surface area contributed by atoms with Crippen LogP contribution in [0.5, 0.6) is 0 Å². The third kappa shape index (κ3) is 1.22. The van der Waals surface area contributed by atoms with E-state index in [0.29, 0.717) is 0 Å². The molecule has 0 bridgehead atoms. The minimum absolute atomic E-state index is 0.161. The second-order valence-electron chi connectivity index (χ2n) is 2.38. The van der Waals surface area contributed by atoms with Gasteiger partial charge >= 0.3 is 0 Å². The lowest BCUT2D eigenvalue weighted by atomic mass is 10.3. The number of aromatic nitrogens is 2. The van der Waals surface area contributed by atoms with Gasteiger partial charge in [-0.25, -0.2) is 4.98 Å². The summed E-state index contributed by atoms with van der Waals surface area (Å²) >= 11 is 2.16. The van der Waals surface area contributed by atoms with Crippen molar-refractivity contribution in [2.75, 3.05) is 0 Å². The predicted molar refractivity (Wildman–Crippen MR) is 55.1 cm³/mol. The molecule has 0 radical (unpaired) electrons. The van der Waals surface area contributed by atoms with Crippen LogP contribution in [-0.4, -0.2) is 9.97 Å². The normalized spacial score (nSPS) is 10.4. The molecule has 0 saturated heterocycles. The average molecular weight is 272 g/mol. The molecule has 0 aliphatic heterocycles. The molecule has 12 heavy (non-hydrogen) atoms. The molecule has 1 heterocycles. The van der Waals surface area contributed by atoms with E-state index in [0.717, 1.165) is 14.6 Å². The van der Waals surface area contributed by atoms with E-state index in [4.69, 9.17) is 0 Å². The molecule has 3 nitrogen and oxygen atoms in total. The minimum Gasteiger partial charge on any atom is -0.318 e. The van der Waals surface area contributed by atoms with Crippen molar-refractivity contribution in [2.45, 2.75) is 0 Å². The van der Waals surface area contributed by atoms with Crippen molar-refractivity contribution < 1.29 is 0 Å². The van der Waals surface area contributed by atoms with Crippen molar-refractivity contribution in [1.82, 2.24) is 9.97 Å². The summed E-state index contributed by atoms with van der Waals surface area (Å²) in [5, 5.41) is 0. The zero-order chi connectivity index (χ0) is 8.55. The van der Waals surface area contributed by atoms with E-state index in [-0.39, 0.29) is 5.56 Å². The van der Waals surface area contributed by atoms with E-state index in [1.165, 1.54) is 6.20 Å². The molecule has 0 atom stereocenters. The summed E-state index contributed by atoms with van der Waals surface area (Å²) in [6.45, 7) is 0. The molecule has 2 rings (SSSR count). The second-order valence-corrected chi connectivity index (χ2v) is 3.54. The fourth-order valence-corrected chi connectivity index (χ4v) is 1.65. The number of benzene rings is 1. The van der Waals surface area contributed by atoms with Crippen molar-refractivity contribution >= 4 is 33.6 Å². The number of nitrogens with one attached hydrogen (secondary N) is 1. The first-order chi connectivity index (χ1) is 5.77. The number of nitrogens with zero attached hydrogens (tertiary/aromatic N) is 1. The first kappa shape index (κ1) is 7.72. The lowest BCUT2D eigenvalue weighted by Crippen LogP contribution is -2.05. The average Bonchev–Trinajstić information content (AvgIpc) is 2.07. The number of hydrogen-bond donors (Lipinski definition) is 1. The van der Waals surface area contributed by atoms with Crippen molar-refractivity contribution in [3.05, 3.63) is 38.3 Å². The van der Waals surface area contributed by atoms with Crippen LogP contribution < -0.4 is 5.56 Å². The Morgan fingerprint density at radius 2 is 2.25 bits per heavy atom. The van der Waals surface area contributed by atoms with Gasteiger partial charge in [-0.05, 0) is 34.7 Å². The summed E-state index contributed by atoms with van der Waals surface area (Å²) in [6, 6.07) is 5.71. The summed E-state index contributed by atoms with van der Waals surface area (Å²) in [6.07, 6.45) is 1.29. The molecule has 1 aromatic heterocycles. The molecule has 60 valence electrons. The molecule has 0 aliphatic carbocycles. The molecule has 0 fully saturated rings. The SMILES string of the molecule is O=c1cnc2cccc(I)c2[nH]1.